The van der Waals surface area contributed by atoms with Crippen LogP contribution >= 0.6 is 11.6 Å². The number of carboxylic acids is 1. The van der Waals surface area contributed by atoms with E-state index in [1.54, 1.807) is 0 Å². The van der Waals surface area contributed by atoms with Gasteiger partial charge in [0, 0.05) is 28.2 Å². The normalized spacial score (nSPS) is 26.1. The third kappa shape index (κ3) is 5.09. The van der Waals surface area contributed by atoms with E-state index in [9.17, 15) is 9.90 Å². The van der Waals surface area contributed by atoms with E-state index in [1.165, 1.54) is 35.2 Å². The fourth-order valence-electron chi connectivity index (χ4n) is 7.72. The Bertz CT molecular complexity index is 1380. The zero-order valence-electron chi connectivity index (χ0n) is 23.3. The van der Waals surface area contributed by atoms with Gasteiger partial charge < -0.3 is 15.2 Å². The smallest absolute Gasteiger partial charge is 0.329 e. The minimum Gasteiger partial charge on any atom is -0.493 e. The van der Waals surface area contributed by atoms with Gasteiger partial charge in [0.1, 0.15) is 11.3 Å². The first-order valence-corrected chi connectivity index (χ1v) is 15.2. The number of carbonyl (C=O) groups is 1. The molecule has 40 heavy (non-hydrogen) atoms. The molecular formula is C34H39ClN2O3. The zero-order valence-corrected chi connectivity index (χ0v) is 24.1. The van der Waals surface area contributed by atoms with Crippen molar-refractivity contribution in [1.82, 2.24) is 4.98 Å². The summed E-state index contributed by atoms with van der Waals surface area (Å²) in [5.74, 6) is 1.08. The lowest BCUT2D eigenvalue weighted by Gasteiger charge is -2.47. The second kappa shape index (κ2) is 11.1. The Balaban J connectivity index is 1.19. The van der Waals surface area contributed by atoms with Gasteiger partial charge in [-0.25, -0.2) is 4.79 Å². The van der Waals surface area contributed by atoms with Crippen LogP contribution in [0.25, 0.3) is 0 Å². The number of aliphatic carboxylic acids is 1. The highest BCUT2D eigenvalue weighted by Gasteiger charge is 2.54. The topological polar surface area (TPSA) is 71.5 Å². The van der Waals surface area contributed by atoms with Crippen molar-refractivity contribution >= 4 is 23.3 Å². The minimum atomic E-state index is -0.993. The molecule has 3 aromatic rings. The number of aromatic nitrogens is 1. The van der Waals surface area contributed by atoms with Crippen LogP contribution in [-0.4, -0.2) is 28.2 Å². The number of hydrogen-bond acceptors (Lipinski definition) is 4. The molecule has 1 fully saturated rings. The number of pyridine rings is 1. The first-order chi connectivity index (χ1) is 19.4. The van der Waals surface area contributed by atoms with Crippen LogP contribution in [0.3, 0.4) is 0 Å². The second-order valence-corrected chi connectivity index (χ2v) is 12.8. The van der Waals surface area contributed by atoms with Crippen LogP contribution in [-0.2, 0) is 29.5 Å². The summed E-state index contributed by atoms with van der Waals surface area (Å²) in [5.41, 5.74) is 5.13. The molecule has 1 saturated carbocycles. The average Bonchev–Trinajstić information content (AvgIpc) is 3.25. The van der Waals surface area contributed by atoms with Crippen LogP contribution in [0.15, 0.2) is 60.8 Å². The van der Waals surface area contributed by atoms with E-state index in [4.69, 9.17) is 16.3 Å². The highest BCUT2D eigenvalue weighted by atomic mass is 35.5. The molecule has 1 spiro atoms. The summed E-state index contributed by atoms with van der Waals surface area (Å²) in [6, 6.07) is 18.3. The Hall–Kier alpha value is -3.05. The molecule has 1 unspecified atom stereocenters. The Kier molecular flexibility index (Phi) is 7.52. The van der Waals surface area contributed by atoms with E-state index in [0.29, 0.717) is 36.3 Å². The predicted octanol–water partition coefficient (Wildman–Crippen LogP) is 7.64. The van der Waals surface area contributed by atoms with E-state index >= 15 is 0 Å². The molecule has 0 radical (unpaired) electrons. The summed E-state index contributed by atoms with van der Waals surface area (Å²) >= 11 is 6.21. The number of benzene rings is 2. The van der Waals surface area contributed by atoms with Crippen LogP contribution in [0.1, 0.15) is 74.3 Å². The van der Waals surface area contributed by atoms with E-state index in [1.807, 2.05) is 36.5 Å². The van der Waals surface area contributed by atoms with E-state index < -0.39 is 11.5 Å². The van der Waals surface area contributed by atoms with Gasteiger partial charge >= 0.3 is 5.97 Å². The van der Waals surface area contributed by atoms with Crippen LogP contribution in [0.2, 0.25) is 5.02 Å². The summed E-state index contributed by atoms with van der Waals surface area (Å²) in [5, 5.41) is 14.4. The quantitative estimate of drug-likeness (QED) is 0.297. The van der Waals surface area contributed by atoms with Crippen LogP contribution in [0, 0.1) is 11.8 Å². The molecule has 0 amide bonds. The van der Waals surface area contributed by atoms with E-state index in [2.05, 4.69) is 41.5 Å². The van der Waals surface area contributed by atoms with Gasteiger partial charge in [0.2, 0.25) is 0 Å². The number of fused-ring (bicyclic) bond motifs is 3. The highest BCUT2D eigenvalue weighted by Crippen LogP contribution is 2.56. The summed E-state index contributed by atoms with van der Waals surface area (Å²) in [4.78, 5) is 17.3. The fraction of sp³-hybridized carbons (Fsp3) is 0.471. The second-order valence-electron chi connectivity index (χ2n) is 12.3. The third-order valence-electron chi connectivity index (χ3n) is 9.82. The van der Waals surface area contributed by atoms with Crippen molar-refractivity contribution in [3.63, 3.8) is 0 Å². The monoisotopic (exact) mass is 558 g/mol. The van der Waals surface area contributed by atoms with Crippen molar-refractivity contribution in [1.29, 1.82) is 0 Å². The van der Waals surface area contributed by atoms with Gasteiger partial charge in [0.15, 0.2) is 0 Å². The number of ether oxygens (including phenoxy) is 1. The zero-order chi connectivity index (χ0) is 27.7. The molecule has 2 N–H and O–H groups in total. The van der Waals surface area contributed by atoms with Gasteiger partial charge in [0.05, 0.1) is 6.61 Å². The van der Waals surface area contributed by atoms with Crippen molar-refractivity contribution in [2.75, 3.05) is 11.9 Å². The maximum atomic E-state index is 12.7. The molecule has 0 bridgehead atoms. The van der Waals surface area contributed by atoms with Crippen LogP contribution in [0.5, 0.6) is 5.75 Å². The third-order valence-corrected chi connectivity index (χ3v) is 10.1. The Morgan fingerprint density at radius 2 is 1.90 bits per heavy atom. The molecule has 0 saturated heterocycles. The lowest BCUT2D eigenvalue weighted by molar-refractivity contribution is -0.144. The Morgan fingerprint density at radius 3 is 2.70 bits per heavy atom. The Morgan fingerprint density at radius 1 is 1.10 bits per heavy atom. The minimum absolute atomic E-state index is 0.00432. The van der Waals surface area contributed by atoms with E-state index in [0.717, 1.165) is 50.0 Å². The standard InChI is InChI=1S/C34H39ClN2O3/c1-23(22-40-31-13-18-36-30-12-5-3-10-28(30)31)19-25-20-24-7-2-4-11-29(24)33(25)14-16-34(17-15-33,32(38)39)37-27-9-6-8-26(35)21-27/h2,4,6-9,11,13,18,21,23,25,37H,3,5,10,12,14-17,19-20,22H2,1H3,(H,38,39)/t23-,25?,33?,34?/m1/s1. The van der Waals surface area contributed by atoms with Gasteiger partial charge in [0.25, 0.3) is 0 Å². The van der Waals surface area contributed by atoms with Crippen molar-refractivity contribution in [2.24, 2.45) is 11.8 Å². The number of aryl methyl sites for hydroxylation is 1. The van der Waals surface area contributed by atoms with Crippen molar-refractivity contribution in [3.8, 4) is 5.75 Å². The van der Waals surface area contributed by atoms with Gasteiger partial charge in [-0.15, -0.1) is 0 Å². The number of nitrogens with zero attached hydrogens (tertiary/aromatic N) is 1. The van der Waals surface area contributed by atoms with Gasteiger partial charge in [-0.05, 0) is 117 Å². The molecule has 3 aliphatic rings. The van der Waals surface area contributed by atoms with Gasteiger partial charge in [-0.1, -0.05) is 48.9 Å². The van der Waals surface area contributed by atoms with Gasteiger partial charge in [-0.3, -0.25) is 4.98 Å². The van der Waals surface area contributed by atoms with Crippen molar-refractivity contribution in [2.45, 2.75) is 82.1 Å². The number of nitrogens with one attached hydrogen (secondary N) is 1. The number of hydrogen-bond donors (Lipinski definition) is 2. The molecule has 0 aliphatic heterocycles. The number of anilines is 1. The maximum Gasteiger partial charge on any atom is 0.329 e. The molecule has 1 aromatic heterocycles. The van der Waals surface area contributed by atoms with Crippen molar-refractivity contribution in [3.05, 3.63) is 88.2 Å². The Labute approximate surface area is 242 Å². The highest BCUT2D eigenvalue weighted by molar-refractivity contribution is 6.30. The first-order valence-electron chi connectivity index (χ1n) is 14.8. The van der Waals surface area contributed by atoms with Crippen LogP contribution in [0.4, 0.5) is 5.69 Å². The maximum absolute atomic E-state index is 12.7. The summed E-state index contributed by atoms with van der Waals surface area (Å²) in [7, 11) is 0. The van der Waals surface area contributed by atoms with Crippen molar-refractivity contribution < 1.29 is 14.6 Å². The van der Waals surface area contributed by atoms with E-state index in [-0.39, 0.29) is 5.41 Å². The molecule has 2 aromatic carbocycles. The first kappa shape index (κ1) is 27.1. The lowest BCUT2D eigenvalue weighted by Crippen LogP contribution is -2.53. The molecule has 2 atom stereocenters. The number of carboxylic acid groups (broad SMARTS) is 1. The molecule has 6 heteroatoms. The summed E-state index contributed by atoms with van der Waals surface area (Å²) < 4.78 is 6.43. The lowest BCUT2D eigenvalue weighted by atomic mass is 9.59. The number of rotatable bonds is 8. The SMILES string of the molecule is C[C@@H](COc1ccnc2c1CCCC2)CC1Cc2ccccc2C12CCC(Nc1cccc(Cl)c1)(C(=O)O)CC2. The fourth-order valence-corrected chi connectivity index (χ4v) is 7.91. The predicted molar refractivity (Wildman–Crippen MR) is 159 cm³/mol. The molecule has 3 aliphatic carbocycles. The molecule has 5 nitrogen and oxygen atoms in total. The molecule has 1 heterocycles. The molecule has 6 rings (SSSR count). The molecule has 210 valence electrons. The average molecular weight is 559 g/mol. The van der Waals surface area contributed by atoms with Crippen LogP contribution < -0.4 is 10.1 Å². The summed E-state index contributed by atoms with van der Waals surface area (Å²) in [6.45, 7) is 2.99. The summed E-state index contributed by atoms with van der Waals surface area (Å²) in [6.07, 6.45) is 11.4. The molecular weight excluding hydrogens is 520 g/mol. The number of halogens is 1. The largest absolute Gasteiger partial charge is 0.493 e. The van der Waals surface area contributed by atoms with Gasteiger partial charge in [-0.2, -0.15) is 0 Å².